The van der Waals surface area contributed by atoms with Gasteiger partial charge < -0.3 is 11.1 Å². The van der Waals surface area contributed by atoms with Crippen molar-refractivity contribution >= 4 is 5.69 Å². The first-order chi connectivity index (χ1) is 7.68. The molecule has 3 heteroatoms. The Morgan fingerprint density at radius 1 is 1.31 bits per heavy atom. The second-order valence-corrected chi connectivity index (χ2v) is 4.61. The van der Waals surface area contributed by atoms with E-state index < -0.39 is 0 Å². The van der Waals surface area contributed by atoms with Gasteiger partial charge in [0.2, 0.25) is 0 Å². The van der Waals surface area contributed by atoms with Gasteiger partial charge in [0, 0.05) is 23.3 Å². The molecule has 0 spiro atoms. The summed E-state index contributed by atoms with van der Waals surface area (Å²) in [7, 11) is 0. The number of hydrogen-bond acceptors (Lipinski definition) is 2. The maximum Gasteiger partial charge on any atom is 0.128 e. The van der Waals surface area contributed by atoms with Crippen molar-refractivity contribution in [2.75, 3.05) is 5.32 Å². The average Bonchev–Trinajstić information content (AvgIpc) is 2.28. The quantitative estimate of drug-likeness (QED) is 0.807. The van der Waals surface area contributed by atoms with E-state index >= 15 is 0 Å². The van der Waals surface area contributed by atoms with Crippen molar-refractivity contribution in [3.05, 3.63) is 29.6 Å². The number of hydrogen-bond donors (Lipinski definition) is 2. The maximum atomic E-state index is 13.4. The third-order valence-corrected chi connectivity index (χ3v) is 3.43. The van der Waals surface area contributed by atoms with Gasteiger partial charge in [-0.25, -0.2) is 4.39 Å². The molecule has 16 heavy (non-hydrogen) atoms. The molecule has 0 heterocycles. The van der Waals surface area contributed by atoms with E-state index in [2.05, 4.69) is 5.32 Å². The van der Waals surface area contributed by atoms with Crippen molar-refractivity contribution < 1.29 is 4.39 Å². The number of benzene rings is 1. The van der Waals surface area contributed by atoms with Crippen LogP contribution in [-0.4, -0.2) is 12.1 Å². The monoisotopic (exact) mass is 222 g/mol. The number of anilines is 1. The lowest BCUT2D eigenvalue weighted by atomic mass is 9.90. The van der Waals surface area contributed by atoms with E-state index in [0.29, 0.717) is 5.56 Å². The third kappa shape index (κ3) is 2.35. The Hall–Kier alpha value is -1.09. The molecule has 1 saturated carbocycles. The summed E-state index contributed by atoms with van der Waals surface area (Å²) in [6.45, 7) is 1.80. The highest BCUT2D eigenvalue weighted by molar-refractivity contribution is 5.51. The van der Waals surface area contributed by atoms with Gasteiger partial charge in [-0.2, -0.15) is 0 Å². The van der Waals surface area contributed by atoms with Crippen molar-refractivity contribution in [1.82, 2.24) is 0 Å². The van der Waals surface area contributed by atoms with Crippen LogP contribution in [-0.2, 0) is 0 Å². The molecular formula is C13H19FN2. The molecule has 1 aromatic rings. The van der Waals surface area contributed by atoms with Gasteiger partial charge in [-0.1, -0.05) is 18.9 Å². The van der Waals surface area contributed by atoms with Crippen molar-refractivity contribution in [2.45, 2.75) is 44.7 Å². The molecule has 0 aromatic heterocycles. The molecule has 1 aromatic carbocycles. The zero-order chi connectivity index (χ0) is 11.5. The minimum Gasteiger partial charge on any atom is -0.380 e. The largest absolute Gasteiger partial charge is 0.380 e. The van der Waals surface area contributed by atoms with Gasteiger partial charge in [-0.3, -0.25) is 0 Å². The Morgan fingerprint density at radius 2 is 2.06 bits per heavy atom. The van der Waals surface area contributed by atoms with Crippen LogP contribution in [0.25, 0.3) is 0 Å². The molecule has 0 amide bonds. The van der Waals surface area contributed by atoms with Crippen LogP contribution in [0.5, 0.6) is 0 Å². The van der Waals surface area contributed by atoms with Crippen LogP contribution in [0.3, 0.4) is 0 Å². The Kier molecular flexibility index (Phi) is 3.44. The lowest BCUT2D eigenvalue weighted by Crippen LogP contribution is -2.42. The average molecular weight is 222 g/mol. The number of halogens is 1. The van der Waals surface area contributed by atoms with E-state index in [-0.39, 0.29) is 17.9 Å². The van der Waals surface area contributed by atoms with Gasteiger partial charge in [0.25, 0.3) is 0 Å². The van der Waals surface area contributed by atoms with Crippen molar-refractivity contribution in [1.29, 1.82) is 0 Å². The van der Waals surface area contributed by atoms with Gasteiger partial charge in [0.1, 0.15) is 5.82 Å². The van der Waals surface area contributed by atoms with E-state index in [0.717, 1.165) is 18.5 Å². The van der Waals surface area contributed by atoms with E-state index in [1.165, 1.54) is 18.9 Å². The highest BCUT2D eigenvalue weighted by atomic mass is 19.1. The summed E-state index contributed by atoms with van der Waals surface area (Å²) >= 11 is 0. The first-order valence-electron chi connectivity index (χ1n) is 5.95. The summed E-state index contributed by atoms with van der Waals surface area (Å²) in [5.74, 6) is -0.158. The van der Waals surface area contributed by atoms with Gasteiger partial charge in [0.05, 0.1) is 0 Å². The fraction of sp³-hybridized carbons (Fsp3) is 0.538. The SMILES string of the molecule is Cc1c(F)cccc1NC1CCCCC1N. The number of nitrogens with two attached hydrogens (primary N) is 1. The summed E-state index contributed by atoms with van der Waals surface area (Å²) in [5.41, 5.74) is 7.62. The van der Waals surface area contributed by atoms with Crippen molar-refractivity contribution in [3.63, 3.8) is 0 Å². The smallest absolute Gasteiger partial charge is 0.128 e. The fourth-order valence-corrected chi connectivity index (χ4v) is 2.30. The fourth-order valence-electron chi connectivity index (χ4n) is 2.30. The Labute approximate surface area is 96.0 Å². The van der Waals surface area contributed by atoms with E-state index in [9.17, 15) is 4.39 Å². The highest BCUT2D eigenvalue weighted by Gasteiger charge is 2.22. The standard InChI is InChI=1S/C13H19FN2/c1-9-10(14)5-4-8-12(9)16-13-7-3-2-6-11(13)15/h4-5,8,11,13,16H,2-3,6-7,15H2,1H3. The van der Waals surface area contributed by atoms with E-state index in [1.54, 1.807) is 13.0 Å². The minimum atomic E-state index is -0.158. The van der Waals surface area contributed by atoms with Crippen LogP contribution in [0.4, 0.5) is 10.1 Å². The molecule has 2 rings (SSSR count). The molecular weight excluding hydrogens is 203 g/mol. The predicted octanol–water partition coefficient (Wildman–Crippen LogP) is 2.82. The van der Waals surface area contributed by atoms with Crippen LogP contribution in [0.1, 0.15) is 31.2 Å². The molecule has 0 aliphatic heterocycles. The van der Waals surface area contributed by atoms with Gasteiger partial charge in [-0.15, -0.1) is 0 Å². The Morgan fingerprint density at radius 3 is 2.81 bits per heavy atom. The van der Waals surface area contributed by atoms with Crippen molar-refractivity contribution in [3.8, 4) is 0 Å². The minimum absolute atomic E-state index is 0.158. The summed E-state index contributed by atoms with van der Waals surface area (Å²) in [4.78, 5) is 0. The molecule has 1 aliphatic carbocycles. The molecule has 1 aliphatic rings. The molecule has 0 bridgehead atoms. The van der Waals surface area contributed by atoms with Crippen molar-refractivity contribution in [2.24, 2.45) is 5.73 Å². The molecule has 2 atom stereocenters. The first-order valence-corrected chi connectivity index (χ1v) is 5.95. The second-order valence-electron chi connectivity index (χ2n) is 4.61. The summed E-state index contributed by atoms with van der Waals surface area (Å²) in [6.07, 6.45) is 4.56. The molecule has 3 N–H and O–H groups in total. The van der Waals surface area contributed by atoms with Crippen LogP contribution in [0, 0.1) is 12.7 Å². The van der Waals surface area contributed by atoms with Crippen LogP contribution in [0.15, 0.2) is 18.2 Å². The molecule has 0 radical (unpaired) electrons. The molecule has 2 nitrogen and oxygen atoms in total. The molecule has 1 fully saturated rings. The Balaban J connectivity index is 2.10. The lowest BCUT2D eigenvalue weighted by Gasteiger charge is -2.30. The third-order valence-electron chi connectivity index (χ3n) is 3.43. The number of rotatable bonds is 2. The van der Waals surface area contributed by atoms with Crippen LogP contribution < -0.4 is 11.1 Å². The summed E-state index contributed by atoms with van der Waals surface area (Å²) < 4.78 is 13.4. The second kappa shape index (κ2) is 4.83. The Bertz CT molecular complexity index is 365. The van der Waals surface area contributed by atoms with Gasteiger partial charge in [0.15, 0.2) is 0 Å². The predicted molar refractivity (Wildman–Crippen MR) is 65.0 cm³/mol. The van der Waals surface area contributed by atoms with Gasteiger partial charge >= 0.3 is 0 Å². The molecule has 0 saturated heterocycles. The maximum absolute atomic E-state index is 13.4. The zero-order valence-corrected chi connectivity index (χ0v) is 9.67. The summed E-state index contributed by atoms with van der Waals surface area (Å²) in [5, 5.41) is 3.37. The van der Waals surface area contributed by atoms with E-state index in [1.807, 2.05) is 6.07 Å². The van der Waals surface area contributed by atoms with E-state index in [4.69, 9.17) is 5.73 Å². The van der Waals surface area contributed by atoms with Crippen LogP contribution in [0.2, 0.25) is 0 Å². The molecule has 88 valence electrons. The van der Waals surface area contributed by atoms with Gasteiger partial charge in [-0.05, 0) is 31.9 Å². The highest BCUT2D eigenvalue weighted by Crippen LogP contribution is 2.24. The first kappa shape index (κ1) is 11.4. The van der Waals surface area contributed by atoms with Crippen LogP contribution >= 0.6 is 0 Å². The number of nitrogens with one attached hydrogen (secondary N) is 1. The molecule has 2 unspecified atom stereocenters. The zero-order valence-electron chi connectivity index (χ0n) is 9.67. The lowest BCUT2D eigenvalue weighted by molar-refractivity contribution is 0.404. The normalized spacial score (nSPS) is 25.4. The topological polar surface area (TPSA) is 38.0 Å². The summed E-state index contributed by atoms with van der Waals surface area (Å²) in [6, 6.07) is 5.62.